The highest BCUT2D eigenvalue weighted by Gasteiger charge is 2.22. The van der Waals surface area contributed by atoms with Crippen molar-refractivity contribution in [3.63, 3.8) is 0 Å². The van der Waals surface area contributed by atoms with Crippen molar-refractivity contribution in [3.05, 3.63) is 30.1 Å². The molecule has 94 valence electrons. The molecule has 0 unspecified atom stereocenters. The Balaban J connectivity index is 2.58. The van der Waals surface area contributed by atoms with Crippen LogP contribution < -0.4 is 5.73 Å². The van der Waals surface area contributed by atoms with Gasteiger partial charge in [0.05, 0.1) is 18.3 Å². The Kier molecular flexibility index (Phi) is 5.10. The predicted octanol–water partition coefficient (Wildman–Crippen LogP) is 1.41. The summed E-state index contributed by atoms with van der Waals surface area (Å²) in [5.41, 5.74) is 6.79. The fraction of sp³-hybridized carbons (Fsp3) is 0.538. The summed E-state index contributed by atoms with van der Waals surface area (Å²) >= 11 is 0. The third-order valence-electron chi connectivity index (χ3n) is 3.04. The van der Waals surface area contributed by atoms with Crippen molar-refractivity contribution < 1.29 is 4.79 Å². The molecule has 0 saturated carbocycles. The number of likely N-dealkylation sites (N-methyl/N-ethyl adjacent to an activating group) is 1. The molecule has 2 N–H and O–H groups in total. The minimum absolute atomic E-state index is 0.0231. The number of nitrogens with two attached hydrogens (primary N) is 1. The van der Waals surface area contributed by atoms with Gasteiger partial charge in [0, 0.05) is 13.2 Å². The Bertz CT molecular complexity index is 353. The summed E-state index contributed by atoms with van der Waals surface area (Å²) in [6.45, 7) is 4.54. The van der Waals surface area contributed by atoms with Gasteiger partial charge in [-0.3, -0.25) is 9.78 Å². The van der Waals surface area contributed by atoms with Crippen LogP contribution in [-0.2, 0) is 11.3 Å². The molecule has 1 amide bonds. The monoisotopic (exact) mass is 235 g/mol. The van der Waals surface area contributed by atoms with E-state index in [0.29, 0.717) is 6.54 Å². The number of nitrogens with zero attached hydrogens (tertiary/aromatic N) is 2. The number of amides is 1. The summed E-state index contributed by atoms with van der Waals surface area (Å²) in [6, 6.07) is 5.25. The van der Waals surface area contributed by atoms with E-state index in [1.807, 2.05) is 32.0 Å². The van der Waals surface area contributed by atoms with Crippen LogP contribution in [0.3, 0.4) is 0 Å². The average molecular weight is 235 g/mol. The minimum Gasteiger partial charge on any atom is -0.339 e. The van der Waals surface area contributed by atoms with Gasteiger partial charge in [0.1, 0.15) is 0 Å². The zero-order valence-electron chi connectivity index (χ0n) is 10.8. The van der Waals surface area contributed by atoms with E-state index in [2.05, 4.69) is 4.98 Å². The second-order valence-corrected chi connectivity index (χ2v) is 4.43. The molecule has 0 aliphatic carbocycles. The van der Waals surface area contributed by atoms with E-state index in [0.717, 1.165) is 12.1 Å². The Morgan fingerprint density at radius 2 is 2.24 bits per heavy atom. The normalized spacial score (nSPS) is 14.1. The second-order valence-electron chi connectivity index (χ2n) is 4.43. The van der Waals surface area contributed by atoms with Crippen LogP contribution in [0.5, 0.6) is 0 Å². The fourth-order valence-electron chi connectivity index (χ4n) is 1.56. The van der Waals surface area contributed by atoms with Crippen molar-refractivity contribution in [2.24, 2.45) is 11.7 Å². The van der Waals surface area contributed by atoms with E-state index in [1.165, 1.54) is 0 Å². The Morgan fingerprint density at radius 1 is 1.53 bits per heavy atom. The van der Waals surface area contributed by atoms with Gasteiger partial charge < -0.3 is 10.6 Å². The lowest BCUT2D eigenvalue weighted by Crippen LogP contribution is -2.45. The maximum atomic E-state index is 12.0. The predicted molar refractivity (Wildman–Crippen MR) is 68.1 cm³/mol. The van der Waals surface area contributed by atoms with Crippen molar-refractivity contribution >= 4 is 5.91 Å². The third-order valence-corrected chi connectivity index (χ3v) is 3.04. The SMILES string of the molecule is CC[C@H](C)[C@H](N)C(=O)N(C)Cc1ccccn1. The van der Waals surface area contributed by atoms with E-state index < -0.39 is 6.04 Å². The van der Waals surface area contributed by atoms with Gasteiger partial charge in [-0.2, -0.15) is 0 Å². The first-order chi connectivity index (χ1) is 8.06. The lowest BCUT2D eigenvalue weighted by molar-refractivity contribution is -0.133. The molecular weight excluding hydrogens is 214 g/mol. The molecule has 17 heavy (non-hydrogen) atoms. The Labute approximate surface area is 103 Å². The van der Waals surface area contributed by atoms with Gasteiger partial charge in [0.15, 0.2) is 0 Å². The average Bonchev–Trinajstić information content (AvgIpc) is 2.37. The van der Waals surface area contributed by atoms with Crippen molar-refractivity contribution in [3.8, 4) is 0 Å². The lowest BCUT2D eigenvalue weighted by atomic mass is 9.99. The third kappa shape index (κ3) is 3.82. The number of pyridine rings is 1. The summed E-state index contributed by atoms with van der Waals surface area (Å²) < 4.78 is 0. The molecule has 1 aromatic heterocycles. The van der Waals surface area contributed by atoms with E-state index in [9.17, 15) is 4.79 Å². The summed E-state index contributed by atoms with van der Waals surface area (Å²) in [5, 5.41) is 0. The van der Waals surface area contributed by atoms with Gasteiger partial charge in [-0.15, -0.1) is 0 Å². The molecule has 1 heterocycles. The quantitative estimate of drug-likeness (QED) is 0.839. The van der Waals surface area contributed by atoms with Gasteiger partial charge in [-0.25, -0.2) is 0 Å². The number of aromatic nitrogens is 1. The molecule has 0 bridgehead atoms. The van der Waals surface area contributed by atoms with Crippen molar-refractivity contribution in [1.29, 1.82) is 0 Å². The number of rotatable bonds is 5. The van der Waals surface area contributed by atoms with Gasteiger partial charge in [-0.05, 0) is 18.1 Å². The summed E-state index contributed by atoms with van der Waals surface area (Å²) in [6.07, 6.45) is 2.63. The van der Waals surface area contributed by atoms with Crippen molar-refractivity contribution in [1.82, 2.24) is 9.88 Å². The van der Waals surface area contributed by atoms with Crippen LogP contribution in [0.4, 0.5) is 0 Å². The number of carbonyl (C=O) groups is 1. The zero-order valence-corrected chi connectivity index (χ0v) is 10.8. The standard InChI is InChI=1S/C13H21N3O/c1-4-10(2)12(14)13(17)16(3)9-11-7-5-6-8-15-11/h5-8,10,12H,4,9,14H2,1-3H3/t10-,12-/m0/s1. The van der Waals surface area contributed by atoms with Gasteiger partial charge in [0.2, 0.25) is 5.91 Å². The van der Waals surface area contributed by atoms with Crippen LogP contribution in [0.2, 0.25) is 0 Å². The van der Waals surface area contributed by atoms with Crippen LogP contribution in [-0.4, -0.2) is 28.9 Å². The molecule has 1 aromatic rings. The molecule has 0 spiro atoms. The largest absolute Gasteiger partial charge is 0.339 e. The molecule has 0 fully saturated rings. The molecule has 0 aliphatic rings. The highest BCUT2D eigenvalue weighted by Crippen LogP contribution is 2.09. The van der Waals surface area contributed by atoms with E-state index in [-0.39, 0.29) is 11.8 Å². The molecular formula is C13H21N3O. The molecule has 0 saturated heterocycles. The molecule has 0 aliphatic heterocycles. The van der Waals surface area contributed by atoms with Crippen molar-refractivity contribution in [2.45, 2.75) is 32.9 Å². The Hall–Kier alpha value is -1.42. The van der Waals surface area contributed by atoms with Crippen LogP contribution in [0.25, 0.3) is 0 Å². The Morgan fingerprint density at radius 3 is 2.76 bits per heavy atom. The van der Waals surface area contributed by atoms with E-state index in [4.69, 9.17) is 5.73 Å². The van der Waals surface area contributed by atoms with E-state index >= 15 is 0 Å². The first-order valence-electron chi connectivity index (χ1n) is 5.96. The second kappa shape index (κ2) is 6.35. The van der Waals surface area contributed by atoms with E-state index in [1.54, 1.807) is 18.1 Å². The van der Waals surface area contributed by atoms with Gasteiger partial charge in [0.25, 0.3) is 0 Å². The van der Waals surface area contributed by atoms with Crippen LogP contribution in [0.15, 0.2) is 24.4 Å². The highest BCUT2D eigenvalue weighted by molar-refractivity contribution is 5.81. The number of hydrogen-bond acceptors (Lipinski definition) is 3. The smallest absolute Gasteiger partial charge is 0.239 e. The summed E-state index contributed by atoms with van der Waals surface area (Å²) in [5.74, 6) is 0.179. The van der Waals surface area contributed by atoms with Crippen LogP contribution >= 0.6 is 0 Å². The molecule has 0 aromatic carbocycles. The summed E-state index contributed by atoms with van der Waals surface area (Å²) in [7, 11) is 1.76. The van der Waals surface area contributed by atoms with Crippen LogP contribution in [0, 0.1) is 5.92 Å². The molecule has 0 radical (unpaired) electrons. The zero-order chi connectivity index (χ0) is 12.8. The fourth-order valence-corrected chi connectivity index (χ4v) is 1.56. The number of carbonyl (C=O) groups excluding carboxylic acids is 1. The highest BCUT2D eigenvalue weighted by atomic mass is 16.2. The molecule has 4 heteroatoms. The van der Waals surface area contributed by atoms with Crippen molar-refractivity contribution in [2.75, 3.05) is 7.05 Å². The first kappa shape index (κ1) is 13.6. The van der Waals surface area contributed by atoms with Crippen LogP contribution in [0.1, 0.15) is 26.0 Å². The van der Waals surface area contributed by atoms with Gasteiger partial charge >= 0.3 is 0 Å². The minimum atomic E-state index is -0.422. The topological polar surface area (TPSA) is 59.2 Å². The molecule has 2 atom stereocenters. The first-order valence-corrected chi connectivity index (χ1v) is 5.96. The maximum absolute atomic E-state index is 12.0. The summed E-state index contributed by atoms with van der Waals surface area (Å²) in [4.78, 5) is 17.8. The molecule has 4 nitrogen and oxygen atoms in total. The lowest BCUT2D eigenvalue weighted by Gasteiger charge is -2.24. The van der Waals surface area contributed by atoms with Gasteiger partial charge in [-0.1, -0.05) is 26.3 Å². The number of hydrogen-bond donors (Lipinski definition) is 1. The molecule has 1 rings (SSSR count). The maximum Gasteiger partial charge on any atom is 0.239 e.